The van der Waals surface area contributed by atoms with Crippen molar-refractivity contribution in [2.24, 2.45) is 5.92 Å². The van der Waals surface area contributed by atoms with Crippen LogP contribution in [0.5, 0.6) is 0 Å². The fraction of sp³-hybridized carbons (Fsp3) is 1.00. The van der Waals surface area contributed by atoms with E-state index in [9.17, 15) is 0 Å². The average molecular weight is 155 g/mol. The molecule has 0 aliphatic carbocycles. The number of rotatable bonds is 2. The number of hydrogen-bond donors (Lipinski definition) is 2. The van der Waals surface area contributed by atoms with Crippen LogP contribution in [0, 0.1) is 5.92 Å². The molecule has 1 nitrogen and oxygen atoms in total. The highest BCUT2D eigenvalue weighted by molar-refractivity contribution is 8.20. The van der Waals surface area contributed by atoms with Crippen molar-refractivity contribution < 1.29 is 5.11 Å². The Morgan fingerprint density at radius 1 is 2.25 bits per heavy atom. The highest BCUT2D eigenvalue weighted by Gasteiger charge is 1.81. The molecule has 0 fully saturated rings. The van der Waals surface area contributed by atoms with E-state index in [1.54, 1.807) is 0 Å². The molecular weight excluding hydrogens is 138 g/mol. The third kappa shape index (κ3) is 29.1. The number of aliphatic hydroxyl groups is 1. The summed E-state index contributed by atoms with van der Waals surface area (Å²) >= 11 is 3.60. The van der Waals surface area contributed by atoms with Gasteiger partial charge in [-0.2, -0.15) is 9.12 Å². The van der Waals surface area contributed by atoms with Crippen LogP contribution in [0.25, 0.3) is 0 Å². The summed E-state index contributed by atoms with van der Waals surface area (Å²) in [7, 11) is 2.19. The third-order valence-electron chi connectivity index (χ3n) is 0.333. The zero-order valence-electron chi connectivity index (χ0n) is 7.29. The van der Waals surface area contributed by atoms with E-state index in [1.807, 2.05) is 13.8 Å². The highest BCUT2D eigenvalue weighted by atomic mass is 32.1. The Labute approximate surface area is 62.8 Å². The first-order chi connectivity index (χ1) is 4.50. The van der Waals surface area contributed by atoms with Gasteiger partial charge >= 0.3 is 0 Å². The molecule has 0 radical (unpaired) electrons. The summed E-state index contributed by atoms with van der Waals surface area (Å²) in [6.07, 6.45) is -0.306. The summed E-state index contributed by atoms with van der Waals surface area (Å²) in [5.41, 5.74) is 0. The molecule has 0 saturated carbocycles. The summed E-state index contributed by atoms with van der Waals surface area (Å²) in [6, 6.07) is 0. The molecule has 0 aromatic carbocycles. The van der Waals surface area contributed by atoms with E-state index in [0.29, 0.717) is 12.5 Å². The van der Waals surface area contributed by atoms with Crippen LogP contribution in [-0.2, 0) is 0 Å². The molecule has 50 valence electrons. The van der Waals surface area contributed by atoms with Crippen molar-refractivity contribution in [2.75, 3.05) is 6.61 Å². The van der Waals surface area contributed by atoms with Gasteiger partial charge in [-0.3, -0.25) is 0 Å². The monoisotopic (exact) mass is 155 g/mol. The zero-order valence-corrected chi connectivity index (χ0v) is 7.34. The van der Waals surface area contributed by atoms with E-state index in [-0.39, 0.29) is 6.24 Å². The van der Waals surface area contributed by atoms with Crippen LogP contribution in [0.4, 0.5) is 0 Å². The van der Waals surface area contributed by atoms with Crippen LogP contribution in [0.15, 0.2) is 0 Å². The summed E-state index contributed by atoms with van der Waals surface area (Å²) in [6.45, 7) is 4.56. The van der Waals surface area contributed by atoms with Gasteiger partial charge in [0.2, 0.25) is 7.67 Å². The standard InChI is InChI=1S/C4H10O.BH4PS/c1-4(2)3-5;2-1-3/h4-5H,3H2,1-2H3;1,3H,2H2/i5T;1D. The minimum Gasteiger partial charge on any atom is -0.396 e. The summed E-state index contributed by atoms with van der Waals surface area (Å²) in [5.74, 6) is 0.488. The first-order valence-electron chi connectivity index (χ1n) is 3.43. The fourth-order valence-electron chi connectivity index (χ4n) is 0. The molecule has 0 spiro atoms. The largest absolute Gasteiger partial charge is 0.396 e. The lowest BCUT2D eigenvalue weighted by Crippen LogP contribution is -1.90. The molecule has 0 saturated heterocycles. The van der Waals surface area contributed by atoms with Crippen LogP contribution in [0.3, 0.4) is 0 Å². The van der Waals surface area contributed by atoms with Crippen molar-refractivity contribution in [1.29, 1.82) is 2.77 Å². The van der Waals surface area contributed by atoms with Gasteiger partial charge in [-0.25, -0.2) is 12.5 Å². The van der Waals surface area contributed by atoms with Crippen molar-refractivity contribution in [2.45, 2.75) is 13.8 Å². The van der Waals surface area contributed by atoms with Gasteiger partial charge in [0.25, 0.3) is 0 Å². The van der Waals surface area contributed by atoms with Crippen LogP contribution in [-0.4, -0.2) is 20.7 Å². The van der Waals surface area contributed by atoms with Crippen molar-refractivity contribution in [3.63, 3.8) is 0 Å². The lowest BCUT2D eigenvalue weighted by Gasteiger charge is -1.90. The van der Waals surface area contributed by atoms with Crippen LogP contribution in [0.1, 0.15) is 13.8 Å². The summed E-state index contributed by atoms with van der Waals surface area (Å²) in [4.78, 5) is 0. The van der Waals surface area contributed by atoms with Gasteiger partial charge in [-0.1, -0.05) is 13.8 Å². The Hall–Kier alpha value is 0.805. The average Bonchev–Trinajstić information content (AvgIpc) is 1.62. The SMILES string of the molecule is [2H]B(P)S.[3H]OCC(C)C. The van der Waals surface area contributed by atoms with E-state index in [4.69, 9.17) is 2.77 Å². The minimum absolute atomic E-state index is 0.306. The third-order valence-corrected chi connectivity index (χ3v) is 0.333. The molecule has 0 aromatic heterocycles. The maximum Gasteiger partial charge on any atom is 0.210 e. The Morgan fingerprint density at radius 3 is 2.62 bits per heavy atom. The van der Waals surface area contributed by atoms with Crippen LogP contribution in [0.2, 0.25) is 0 Å². The lowest BCUT2D eigenvalue weighted by atomic mass is 10.2. The minimum atomic E-state index is -0.306. The molecule has 1 unspecified atom stereocenters. The van der Waals surface area contributed by atoms with E-state index in [2.05, 4.69) is 26.7 Å². The number of hydrogen-bond acceptors (Lipinski definition) is 2. The molecule has 0 aromatic rings. The van der Waals surface area contributed by atoms with Crippen LogP contribution < -0.4 is 0 Å². The zero-order chi connectivity index (χ0) is 8.57. The highest BCUT2D eigenvalue weighted by Crippen LogP contribution is 1.83. The van der Waals surface area contributed by atoms with E-state index in [0.717, 1.165) is 0 Å². The molecule has 1 N–H and O–H groups in total. The second-order valence-corrected chi connectivity index (χ2v) is 2.90. The Bertz CT molecular complexity index is 64.5. The smallest absolute Gasteiger partial charge is 0.210 e. The molecule has 0 aliphatic rings. The predicted molar refractivity (Wildman–Crippen MR) is 47.8 cm³/mol. The topological polar surface area (TPSA) is 20.2 Å². The molecule has 8 heavy (non-hydrogen) atoms. The van der Waals surface area contributed by atoms with Gasteiger partial charge in [0.1, 0.15) is 0 Å². The van der Waals surface area contributed by atoms with E-state index >= 15 is 0 Å². The predicted octanol–water partition coefficient (Wildman–Crippen LogP) is 0.692. The molecule has 0 heterocycles. The van der Waals surface area contributed by atoms with Crippen molar-refractivity contribution >= 4 is 27.8 Å². The van der Waals surface area contributed by atoms with Gasteiger partial charge in [0.05, 0.1) is 0 Å². The second-order valence-electron chi connectivity index (χ2n) is 1.71. The maximum atomic E-state index is 6.41. The van der Waals surface area contributed by atoms with Crippen LogP contribution >= 0.6 is 21.6 Å². The molecule has 0 rings (SSSR count). The molecule has 0 bridgehead atoms. The molecule has 4 heteroatoms. The first kappa shape index (κ1) is 6.92. The normalized spacial score (nSPS) is 11.1. The maximum absolute atomic E-state index is 6.41. The van der Waals surface area contributed by atoms with Crippen molar-refractivity contribution in [3.05, 3.63) is 0 Å². The quantitative estimate of drug-likeness (QED) is 0.341. The van der Waals surface area contributed by atoms with Crippen molar-refractivity contribution in [1.82, 2.24) is 0 Å². The van der Waals surface area contributed by atoms with E-state index in [1.165, 1.54) is 0 Å². The van der Waals surface area contributed by atoms with Gasteiger partial charge in [0.15, 0.2) is 0 Å². The van der Waals surface area contributed by atoms with Gasteiger partial charge in [-0.15, -0.1) is 0 Å². The Balaban J connectivity index is 0. The first-order valence-corrected chi connectivity index (χ1v) is 3.63. The fourth-order valence-corrected chi connectivity index (χ4v) is 0. The molecule has 1 atom stereocenters. The molecule has 0 amide bonds. The number of thiol groups is 1. The van der Waals surface area contributed by atoms with Gasteiger partial charge in [0, 0.05) is 6.61 Å². The van der Waals surface area contributed by atoms with Gasteiger partial charge < -0.3 is 5.11 Å². The summed E-state index contributed by atoms with van der Waals surface area (Å²) < 4.78 is 12.6. The lowest BCUT2D eigenvalue weighted by molar-refractivity contribution is 0.248. The van der Waals surface area contributed by atoms with E-state index < -0.39 is 0 Å². The van der Waals surface area contributed by atoms with Crippen molar-refractivity contribution in [3.8, 4) is 0 Å². The van der Waals surface area contributed by atoms with Gasteiger partial charge in [-0.05, 0) is 7.25 Å². The molecular formula is C4H14BOPS. The molecule has 0 aliphatic heterocycles. The Kier molecular flexibility index (Phi) is 9.28. The number of aliphatic hydroxyl groups excluding tert-OH is 1. The second kappa shape index (κ2) is 10.7. The Morgan fingerprint density at radius 2 is 2.62 bits per heavy atom. The summed E-state index contributed by atoms with van der Waals surface area (Å²) in [5, 5.41) is 4.05.